The molecule has 9 heteroatoms. The van der Waals surface area contributed by atoms with E-state index in [2.05, 4.69) is 5.32 Å². The van der Waals surface area contributed by atoms with E-state index in [0.29, 0.717) is 5.56 Å². The van der Waals surface area contributed by atoms with Gasteiger partial charge in [-0.05, 0) is 48.6 Å². The Labute approximate surface area is 228 Å². The van der Waals surface area contributed by atoms with Crippen molar-refractivity contribution in [3.05, 3.63) is 71.8 Å². The van der Waals surface area contributed by atoms with Gasteiger partial charge in [-0.2, -0.15) is 0 Å². The van der Waals surface area contributed by atoms with E-state index in [1.54, 1.807) is 54.6 Å². The van der Waals surface area contributed by atoms with Gasteiger partial charge in [0, 0.05) is 0 Å². The molecule has 0 spiro atoms. The number of benzene rings is 2. The maximum Gasteiger partial charge on any atom is 0.408 e. The minimum Gasteiger partial charge on any atom is -0.481 e. The smallest absolute Gasteiger partial charge is 0.408 e. The first-order valence-corrected chi connectivity index (χ1v) is 13.4. The highest BCUT2D eigenvalue weighted by molar-refractivity contribution is 6.02. The number of carbonyl (C=O) groups excluding carboxylic acids is 3. The summed E-state index contributed by atoms with van der Waals surface area (Å²) in [4.78, 5) is 51.9. The van der Waals surface area contributed by atoms with Gasteiger partial charge < -0.3 is 25.6 Å². The largest absolute Gasteiger partial charge is 0.481 e. The third kappa shape index (κ3) is 6.65. The molecule has 9 nitrogen and oxygen atoms in total. The first-order valence-electron chi connectivity index (χ1n) is 13.4. The van der Waals surface area contributed by atoms with Crippen molar-refractivity contribution in [1.82, 2.24) is 5.32 Å². The number of Topliss-reactive ketones (excluding diaryl/α,β-unsaturated/α-hetero) is 1. The number of amides is 1. The number of carboxylic acid groups (broad SMARTS) is 1. The fraction of sp³-hybridized carbons (Fsp3) is 0.467. The van der Waals surface area contributed by atoms with Gasteiger partial charge in [0.2, 0.25) is 0 Å². The van der Waals surface area contributed by atoms with Crippen LogP contribution in [0.1, 0.15) is 44.2 Å². The molecule has 0 heterocycles. The van der Waals surface area contributed by atoms with Crippen LogP contribution in [0.5, 0.6) is 0 Å². The summed E-state index contributed by atoms with van der Waals surface area (Å²) in [6, 6.07) is 16.3. The molecule has 0 aliphatic heterocycles. The van der Waals surface area contributed by atoms with E-state index in [-0.39, 0.29) is 37.4 Å². The lowest BCUT2D eigenvalue weighted by Gasteiger charge is -2.26. The van der Waals surface area contributed by atoms with E-state index in [1.807, 2.05) is 19.9 Å². The number of nitrogens with one attached hydrogen (secondary N) is 1. The molecule has 2 aromatic carbocycles. The van der Waals surface area contributed by atoms with Crippen LogP contribution in [0.25, 0.3) is 0 Å². The fourth-order valence-electron chi connectivity index (χ4n) is 5.43. The van der Waals surface area contributed by atoms with Crippen molar-refractivity contribution < 1.29 is 33.8 Å². The van der Waals surface area contributed by atoms with Gasteiger partial charge in [0.25, 0.3) is 0 Å². The van der Waals surface area contributed by atoms with Crippen LogP contribution < -0.4 is 11.1 Å². The molecule has 2 saturated carbocycles. The van der Waals surface area contributed by atoms with E-state index in [0.717, 1.165) is 18.4 Å². The quantitative estimate of drug-likeness (QED) is 0.370. The number of nitrogens with two attached hydrogens (primary N) is 1. The van der Waals surface area contributed by atoms with Gasteiger partial charge in [-0.25, -0.2) is 4.79 Å². The van der Waals surface area contributed by atoms with Crippen LogP contribution in [0.4, 0.5) is 4.79 Å². The average Bonchev–Trinajstić information content (AvgIpc) is 3.54. The highest BCUT2D eigenvalue weighted by Gasteiger charge is 2.64. The number of aliphatic carboxylic acids is 1. The molecule has 0 radical (unpaired) electrons. The van der Waals surface area contributed by atoms with Crippen LogP contribution in [0.15, 0.2) is 60.7 Å². The second-order valence-corrected chi connectivity index (χ2v) is 10.9. The number of rotatable bonds is 11. The molecule has 0 bridgehead atoms. The Bertz CT molecular complexity index is 1180. The van der Waals surface area contributed by atoms with Crippen molar-refractivity contribution in [3.8, 4) is 0 Å². The summed E-state index contributed by atoms with van der Waals surface area (Å²) in [6.45, 7) is 3.97. The van der Waals surface area contributed by atoms with Gasteiger partial charge in [0.1, 0.15) is 24.3 Å². The summed E-state index contributed by atoms with van der Waals surface area (Å²) in [7, 11) is 0. The van der Waals surface area contributed by atoms with E-state index < -0.39 is 47.2 Å². The SMILES string of the molecule is CC1CCC(C)C1OC(=O)C1(N)CC1C(=O)[C@@H](NC(=O)OCc1ccccc1)C(Cc1ccccc1)C(=O)O. The van der Waals surface area contributed by atoms with E-state index >= 15 is 0 Å². The van der Waals surface area contributed by atoms with Gasteiger partial charge in [0.15, 0.2) is 5.78 Å². The molecular formula is C30H36N2O7. The summed E-state index contributed by atoms with van der Waals surface area (Å²) in [6.07, 6.45) is 0.676. The van der Waals surface area contributed by atoms with Crippen LogP contribution in [-0.4, -0.2) is 46.6 Å². The number of esters is 1. The molecule has 0 aromatic heterocycles. The molecule has 2 aliphatic carbocycles. The first-order chi connectivity index (χ1) is 18.6. The van der Waals surface area contributed by atoms with Crippen LogP contribution in [-0.2, 0) is 36.9 Å². The number of carboxylic acids is 1. The second-order valence-electron chi connectivity index (χ2n) is 10.9. The number of hydrogen-bond donors (Lipinski definition) is 3. The van der Waals surface area contributed by atoms with E-state index in [9.17, 15) is 24.3 Å². The van der Waals surface area contributed by atoms with E-state index in [4.69, 9.17) is 15.2 Å². The van der Waals surface area contributed by atoms with Crippen LogP contribution in [0.2, 0.25) is 0 Å². The summed E-state index contributed by atoms with van der Waals surface area (Å²) in [5, 5.41) is 12.6. The fourth-order valence-corrected chi connectivity index (χ4v) is 5.43. The highest BCUT2D eigenvalue weighted by Crippen LogP contribution is 2.45. The first kappa shape index (κ1) is 28.3. The van der Waals surface area contributed by atoms with E-state index in [1.165, 1.54) is 0 Å². The van der Waals surface area contributed by atoms with Gasteiger partial charge in [-0.1, -0.05) is 74.5 Å². The number of hydrogen-bond acceptors (Lipinski definition) is 7. The van der Waals surface area contributed by atoms with Crippen molar-refractivity contribution in [2.75, 3.05) is 0 Å². The molecule has 2 aromatic rings. The lowest BCUT2D eigenvalue weighted by Crippen LogP contribution is -2.52. The number of ether oxygens (including phenoxy) is 2. The third-order valence-electron chi connectivity index (χ3n) is 7.98. The Balaban J connectivity index is 1.51. The Hall–Kier alpha value is -3.72. The van der Waals surface area contributed by atoms with Crippen LogP contribution in [0.3, 0.4) is 0 Å². The molecule has 2 fully saturated rings. The molecule has 0 saturated heterocycles. The van der Waals surface area contributed by atoms with Crippen molar-refractivity contribution in [1.29, 1.82) is 0 Å². The predicted molar refractivity (Wildman–Crippen MR) is 142 cm³/mol. The van der Waals surface area contributed by atoms with Gasteiger partial charge in [-0.3, -0.25) is 14.4 Å². The van der Waals surface area contributed by atoms with Gasteiger partial charge in [0.05, 0.1) is 11.8 Å². The molecule has 4 N–H and O–H groups in total. The average molecular weight is 537 g/mol. The topological polar surface area (TPSA) is 145 Å². The van der Waals surface area contributed by atoms with Gasteiger partial charge in [-0.15, -0.1) is 0 Å². The number of alkyl carbamates (subject to hydrolysis) is 1. The molecule has 1 amide bonds. The van der Waals surface area contributed by atoms with Crippen molar-refractivity contribution in [2.45, 2.75) is 63.8 Å². The summed E-state index contributed by atoms with van der Waals surface area (Å²) in [5.74, 6) is -4.45. The Kier molecular flexibility index (Phi) is 8.70. The molecule has 6 atom stereocenters. The van der Waals surface area contributed by atoms with Crippen LogP contribution in [0, 0.1) is 23.7 Å². The Morgan fingerprint density at radius 3 is 2.10 bits per heavy atom. The number of ketones is 1. The molecule has 2 aliphatic rings. The monoisotopic (exact) mass is 536 g/mol. The zero-order chi connectivity index (χ0) is 28.2. The van der Waals surface area contributed by atoms with Gasteiger partial charge >= 0.3 is 18.0 Å². The minimum atomic E-state index is -1.55. The van der Waals surface area contributed by atoms with Crippen LogP contribution >= 0.6 is 0 Å². The summed E-state index contributed by atoms with van der Waals surface area (Å²) < 4.78 is 11.0. The Morgan fingerprint density at radius 2 is 1.54 bits per heavy atom. The van der Waals surface area contributed by atoms with Crippen molar-refractivity contribution in [3.63, 3.8) is 0 Å². The van der Waals surface area contributed by atoms with Crippen molar-refractivity contribution >= 4 is 23.8 Å². The molecule has 5 unspecified atom stereocenters. The predicted octanol–water partition coefficient (Wildman–Crippen LogP) is 3.49. The second kappa shape index (κ2) is 12.0. The lowest BCUT2D eigenvalue weighted by molar-refractivity contribution is -0.156. The third-order valence-corrected chi connectivity index (χ3v) is 7.98. The zero-order valence-electron chi connectivity index (χ0n) is 22.2. The molecule has 39 heavy (non-hydrogen) atoms. The maximum absolute atomic E-state index is 13.7. The highest BCUT2D eigenvalue weighted by atomic mass is 16.6. The summed E-state index contributed by atoms with van der Waals surface area (Å²) >= 11 is 0. The standard InChI is InChI=1S/C30H36N2O7/c1-18-13-14-19(2)26(18)39-28(36)30(31)16-23(30)25(33)24(22(27(34)35)15-20-9-5-3-6-10-20)32-29(37)38-17-21-11-7-4-8-12-21/h3-12,18-19,22-24,26H,13-17,31H2,1-2H3,(H,32,37)(H,34,35)/t18?,19?,22?,23?,24-,26?,30?/m0/s1. The molecular weight excluding hydrogens is 500 g/mol. The zero-order valence-corrected chi connectivity index (χ0v) is 22.2. The lowest BCUT2D eigenvalue weighted by atomic mass is 9.87. The molecule has 4 rings (SSSR count). The molecule has 208 valence electrons. The minimum absolute atomic E-state index is 0.0165. The summed E-state index contributed by atoms with van der Waals surface area (Å²) in [5.41, 5.74) is 6.21. The Morgan fingerprint density at radius 1 is 0.974 bits per heavy atom. The number of carbonyl (C=O) groups is 4. The normalized spacial score (nSPS) is 27.2. The van der Waals surface area contributed by atoms with Crippen molar-refractivity contribution in [2.24, 2.45) is 29.4 Å². The maximum atomic E-state index is 13.7.